The summed E-state index contributed by atoms with van der Waals surface area (Å²) in [6.07, 6.45) is 0. The molecule has 0 heterocycles. The first-order valence-corrected chi connectivity index (χ1v) is 6.55. The zero-order valence-corrected chi connectivity index (χ0v) is 12.6. The average molecular weight is 300 g/mol. The fourth-order valence-electron chi connectivity index (χ4n) is 1.71. The Hall–Kier alpha value is -1.82. The number of rotatable bonds is 4. The largest absolute Gasteiger partial charge is 0.397 e. The number of non-ortho nitro benzene ring substituents is 1. The lowest BCUT2D eigenvalue weighted by Crippen LogP contribution is -2.38. The highest BCUT2D eigenvalue weighted by atomic mass is 35.5. The van der Waals surface area contributed by atoms with Gasteiger partial charge in [-0.1, -0.05) is 25.4 Å². The van der Waals surface area contributed by atoms with Gasteiger partial charge in [-0.2, -0.15) is 0 Å². The third kappa shape index (κ3) is 3.19. The van der Waals surface area contributed by atoms with Crippen molar-refractivity contribution in [2.45, 2.75) is 26.8 Å². The molecule has 1 rings (SSSR count). The molecule has 0 bridgehead atoms. The molecule has 1 unspecified atom stereocenters. The first kappa shape index (κ1) is 16.2. The van der Waals surface area contributed by atoms with Crippen LogP contribution in [-0.2, 0) is 0 Å². The van der Waals surface area contributed by atoms with Crippen molar-refractivity contribution in [1.29, 1.82) is 0 Å². The molecule has 0 aliphatic rings. The van der Waals surface area contributed by atoms with Crippen molar-refractivity contribution in [2.24, 2.45) is 5.92 Å². The van der Waals surface area contributed by atoms with E-state index < -0.39 is 4.92 Å². The summed E-state index contributed by atoms with van der Waals surface area (Å²) < 4.78 is 0. The molecule has 0 spiro atoms. The van der Waals surface area contributed by atoms with Crippen molar-refractivity contribution in [3.8, 4) is 0 Å². The van der Waals surface area contributed by atoms with Crippen molar-refractivity contribution >= 4 is 28.9 Å². The Morgan fingerprint density at radius 1 is 1.40 bits per heavy atom. The van der Waals surface area contributed by atoms with Gasteiger partial charge in [0.2, 0.25) is 0 Å². The van der Waals surface area contributed by atoms with Crippen LogP contribution >= 0.6 is 11.6 Å². The van der Waals surface area contributed by atoms with Gasteiger partial charge in [-0.05, 0) is 12.8 Å². The number of nitrogen functional groups attached to an aromatic ring is 1. The van der Waals surface area contributed by atoms with Gasteiger partial charge in [-0.25, -0.2) is 0 Å². The van der Waals surface area contributed by atoms with E-state index in [1.54, 1.807) is 7.05 Å². The van der Waals surface area contributed by atoms with Crippen LogP contribution in [0.25, 0.3) is 0 Å². The second-order valence-corrected chi connectivity index (χ2v) is 5.45. The molecule has 6 nitrogen and oxygen atoms in total. The summed E-state index contributed by atoms with van der Waals surface area (Å²) in [5.41, 5.74) is 5.63. The number of nitrogens with two attached hydrogens (primary N) is 1. The number of amides is 1. The van der Waals surface area contributed by atoms with Gasteiger partial charge in [0.1, 0.15) is 0 Å². The van der Waals surface area contributed by atoms with Crippen LogP contribution in [0.1, 0.15) is 31.1 Å². The Balaban J connectivity index is 3.25. The Morgan fingerprint density at radius 2 is 1.95 bits per heavy atom. The summed E-state index contributed by atoms with van der Waals surface area (Å²) in [6.45, 7) is 5.87. The maximum absolute atomic E-state index is 12.4. The molecule has 1 aromatic rings. The molecule has 1 amide bonds. The Morgan fingerprint density at radius 3 is 2.40 bits per heavy atom. The Bertz CT molecular complexity index is 546. The van der Waals surface area contributed by atoms with E-state index in [9.17, 15) is 14.9 Å². The third-order valence-electron chi connectivity index (χ3n) is 3.45. The van der Waals surface area contributed by atoms with E-state index in [1.165, 1.54) is 4.90 Å². The van der Waals surface area contributed by atoms with Crippen LogP contribution < -0.4 is 5.73 Å². The molecule has 110 valence electrons. The van der Waals surface area contributed by atoms with Gasteiger partial charge in [0.05, 0.1) is 21.2 Å². The van der Waals surface area contributed by atoms with Crippen molar-refractivity contribution in [3.05, 3.63) is 32.8 Å². The number of nitro groups is 1. The first-order chi connectivity index (χ1) is 9.16. The molecule has 0 aliphatic heterocycles. The molecule has 0 aromatic heterocycles. The van der Waals surface area contributed by atoms with Crippen LogP contribution in [0.2, 0.25) is 5.02 Å². The van der Waals surface area contributed by atoms with E-state index in [2.05, 4.69) is 0 Å². The molecule has 0 aliphatic carbocycles. The molecule has 2 N–H and O–H groups in total. The van der Waals surface area contributed by atoms with Gasteiger partial charge in [-0.3, -0.25) is 14.9 Å². The zero-order chi connectivity index (χ0) is 15.6. The maximum atomic E-state index is 12.4. The molecule has 1 atom stereocenters. The standard InChI is InChI=1S/C13H18ClN3O3/c1-7(2)8(3)16(4)13(18)10-5-9(17(19)20)6-11(14)12(10)15/h5-8H,15H2,1-4H3. The fourth-order valence-corrected chi connectivity index (χ4v) is 1.92. The average Bonchev–Trinajstić information content (AvgIpc) is 2.38. The predicted molar refractivity (Wildman–Crippen MR) is 78.9 cm³/mol. The van der Waals surface area contributed by atoms with E-state index in [0.717, 1.165) is 12.1 Å². The van der Waals surface area contributed by atoms with Crippen molar-refractivity contribution < 1.29 is 9.72 Å². The van der Waals surface area contributed by atoms with Crippen molar-refractivity contribution in [2.75, 3.05) is 12.8 Å². The van der Waals surface area contributed by atoms with Crippen LogP contribution in [0.15, 0.2) is 12.1 Å². The van der Waals surface area contributed by atoms with Gasteiger partial charge in [0.15, 0.2) is 0 Å². The van der Waals surface area contributed by atoms with Crippen molar-refractivity contribution in [1.82, 2.24) is 4.90 Å². The van der Waals surface area contributed by atoms with Gasteiger partial charge in [0, 0.05) is 25.2 Å². The van der Waals surface area contributed by atoms with Crippen LogP contribution in [0.3, 0.4) is 0 Å². The second-order valence-electron chi connectivity index (χ2n) is 5.05. The molecule has 0 saturated heterocycles. The minimum Gasteiger partial charge on any atom is -0.397 e. The molecule has 20 heavy (non-hydrogen) atoms. The number of halogens is 1. The SMILES string of the molecule is CC(C)C(C)N(C)C(=O)c1cc([N+](=O)[O-])cc(Cl)c1N. The molecular formula is C13H18ClN3O3. The molecule has 7 heteroatoms. The number of nitro benzene ring substituents is 1. The topological polar surface area (TPSA) is 89.5 Å². The minimum absolute atomic E-state index is 0.00755. The molecule has 0 fully saturated rings. The van der Waals surface area contributed by atoms with Crippen molar-refractivity contribution in [3.63, 3.8) is 0 Å². The summed E-state index contributed by atoms with van der Waals surface area (Å²) in [5, 5.41) is 10.8. The Kier molecular flexibility index (Phi) is 4.94. The summed E-state index contributed by atoms with van der Waals surface area (Å²) in [5.74, 6) is -0.131. The molecule has 1 aromatic carbocycles. The zero-order valence-electron chi connectivity index (χ0n) is 11.9. The van der Waals surface area contributed by atoms with Gasteiger partial charge in [-0.15, -0.1) is 0 Å². The summed E-state index contributed by atoms with van der Waals surface area (Å²) in [4.78, 5) is 24.1. The lowest BCUT2D eigenvalue weighted by atomic mass is 10.0. The first-order valence-electron chi connectivity index (χ1n) is 6.17. The summed E-state index contributed by atoms with van der Waals surface area (Å²) in [7, 11) is 1.64. The minimum atomic E-state index is -0.603. The number of hydrogen-bond acceptors (Lipinski definition) is 4. The molecule has 0 saturated carbocycles. The van der Waals surface area contributed by atoms with Crippen LogP contribution in [0.5, 0.6) is 0 Å². The Labute approximate surface area is 122 Å². The number of benzene rings is 1. The molecular weight excluding hydrogens is 282 g/mol. The molecule has 0 radical (unpaired) electrons. The highest BCUT2D eigenvalue weighted by Gasteiger charge is 2.25. The number of anilines is 1. The van der Waals surface area contributed by atoms with E-state index in [4.69, 9.17) is 17.3 Å². The lowest BCUT2D eigenvalue weighted by molar-refractivity contribution is -0.384. The predicted octanol–water partition coefficient (Wildman–Crippen LogP) is 2.95. The highest BCUT2D eigenvalue weighted by Crippen LogP contribution is 2.30. The quantitative estimate of drug-likeness (QED) is 0.526. The number of carbonyl (C=O) groups is 1. The maximum Gasteiger partial charge on any atom is 0.271 e. The lowest BCUT2D eigenvalue weighted by Gasteiger charge is -2.28. The fraction of sp³-hybridized carbons (Fsp3) is 0.462. The van der Waals surface area contributed by atoms with E-state index in [1.807, 2.05) is 20.8 Å². The number of hydrogen-bond donors (Lipinski definition) is 1. The summed E-state index contributed by atoms with van der Waals surface area (Å²) in [6, 6.07) is 2.27. The third-order valence-corrected chi connectivity index (χ3v) is 3.76. The normalized spacial score (nSPS) is 12.3. The monoisotopic (exact) mass is 299 g/mol. The highest BCUT2D eigenvalue weighted by molar-refractivity contribution is 6.34. The van der Waals surface area contributed by atoms with Crippen LogP contribution in [0.4, 0.5) is 11.4 Å². The second kappa shape index (κ2) is 6.09. The van der Waals surface area contributed by atoms with E-state index in [0.29, 0.717) is 0 Å². The smallest absolute Gasteiger partial charge is 0.271 e. The van der Waals surface area contributed by atoms with Gasteiger partial charge >= 0.3 is 0 Å². The van der Waals surface area contributed by atoms with Gasteiger partial charge in [0.25, 0.3) is 11.6 Å². The van der Waals surface area contributed by atoms with E-state index >= 15 is 0 Å². The number of nitrogens with zero attached hydrogens (tertiary/aromatic N) is 2. The summed E-state index contributed by atoms with van der Waals surface area (Å²) >= 11 is 5.85. The van der Waals surface area contributed by atoms with E-state index in [-0.39, 0.29) is 39.8 Å². The van der Waals surface area contributed by atoms with Crippen LogP contribution in [-0.4, -0.2) is 28.8 Å². The van der Waals surface area contributed by atoms with Crippen LogP contribution in [0, 0.1) is 16.0 Å². The van der Waals surface area contributed by atoms with Gasteiger partial charge < -0.3 is 10.6 Å². The number of carbonyl (C=O) groups excluding carboxylic acids is 1.